The monoisotopic (exact) mass is 381 g/mol. The number of fused-ring (bicyclic) bond motifs is 1. The summed E-state index contributed by atoms with van der Waals surface area (Å²) < 4.78 is 7.33. The van der Waals surface area contributed by atoms with Gasteiger partial charge >= 0.3 is 0 Å². The van der Waals surface area contributed by atoms with Crippen LogP contribution in [0, 0.1) is 6.92 Å². The normalized spacial score (nSPS) is 15.2. The fourth-order valence-electron chi connectivity index (χ4n) is 3.63. The highest BCUT2D eigenvalue weighted by Gasteiger charge is 2.21. The molecule has 8 heteroatoms. The van der Waals surface area contributed by atoms with Crippen LogP contribution in [0.2, 0.25) is 0 Å². The van der Waals surface area contributed by atoms with Gasteiger partial charge < -0.3 is 14.5 Å². The molecule has 0 radical (unpaired) electrons. The molecule has 4 rings (SSSR count). The van der Waals surface area contributed by atoms with Gasteiger partial charge in [0.25, 0.3) is 5.78 Å². The van der Waals surface area contributed by atoms with Crippen LogP contribution in [0.3, 0.4) is 0 Å². The number of methoxy groups -OCH3 is 1. The minimum atomic E-state index is 0.659. The van der Waals surface area contributed by atoms with Crippen molar-refractivity contribution in [3.8, 4) is 5.75 Å². The Morgan fingerprint density at radius 3 is 2.54 bits per heavy atom. The van der Waals surface area contributed by atoms with Crippen LogP contribution in [0.1, 0.15) is 11.5 Å². The van der Waals surface area contributed by atoms with Crippen molar-refractivity contribution in [2.75, 3.05) is 57.2 Å². The van der Waals surface area contributed by atoms with Crippen molar-refractivity contribution in [1.29, 1.82) is 0 Å². The summed E-state index contributed by atoms with van der Waals surface area (Å²) >= 11 is 0. The molecular formula is C20H27N7O. The molecule has 0 atom stereocenters. The van der Waals surface area contributed by atoms with E-state index >= 15 is 0 Å². The van der Waals surface area contributed by atoms with E-state index in [1.165, 1.54) is 0 Å². The molecule has 0 spiro atoms. The van der Waals surface area contributed by atoms with Crippen molar-refractivity contribution >= 4 is 17.3 Å². The van der Waals surface area contributed by atoms with Crippen molar-refractivity contribution < 1.29 is 4.74 Å². The molecule has 3 heterocycles. The smallest absolute Gasteiger partial charge is 0.254 e. The molecule has 28 heavy (non-hydrogen) atoms. The number of piperazine rings is 1. The predicted octanol–water partition coefficient (Wildman–Crippen LogP) is 1.83. The maximum absolute atomic E-state index is 5.51. The van der Waals surface area contributed by atoms with E-state index in [1.54, 1.807) is 7.11 Å². The van der Waals surface area contributed by atoms with Gasteiger partial charge in [0.2, 0.25) is 0 Å². The van der Waals surface area contributed by atoms with E-state index < -0.39 is 0 Å². The number of ether oxygens (including phenoxy) is 1. The maximum atomic E-state index is 5.51. The summed E-state index contributed by atoms with van der Waals surface area (Å²) in [5.41, 5.74) is 2.10. The van der Waals surface area contributed by atoms with Gasteiger partial charge in [-0.25, -0.2) is 4.98 Å². The Balaban J connectivity index is 1.46. The van der Waals surface area contributed by atoms with Gasteiger partial charge in [-0.3, -0.25) is 4.90 Å². The van der Waals surface area contributed by atoms with E-state index in [0.29, 0.717) is 5.78 Å². The Morgan fingerprint density at radius 1 is 1.07 bits per heavy atom. The first-order valence-electron chi connectivity index (χ1n) is 9.56. The third kappa shape index (κ3) is 3.60. The summed E-state index contributed by atoms with van der Waals surface area (Å²) in [6, 6.07) is 10.2. The molecule has 8 nitrogen and oxygen atoms in total. The first-order chi connectivity index (χ1) is 13.5. The third-order valence-corrected chi connectivity index (χ3v) is 5.09. The average molecular weight is 381 g/mol. The Morgan fingerprint density at radius 2 is 1.82 bits per heavy atom. The summed E-state index contributed by atoms with van der Waals surface area (Å²) in [4.78, 5) is 16.0. The average Bonchev–Trinajstić information content (AvgIpc) is 3.09. The van der Waals surface area contributed by atoms with Gasteiger partial charge in [0.15, 0.2) is 5.82 Å². The van der Waals surface area contributed by atoms with E-state index in [2.05, 4.69) is 31.9 Å². The SMILES string of the molecule is COc1ccccc1N1CCN(Cc2nc3nc(C)cc(N(C)C)n3n2)CC1. The van der Waals surface area contributed by atoms with E-state index in [-0.39, 0.29) is 0 Å². The number of aromatic nitrogens is 4. The number of anilines is 2. The van der Waals surface area contributed by atoms with E-state index in [9.17, 15) is 0 Å². The molecule has 148 valence electrons. The van der Waals surface area contributed by atoms with Gasteiger partial charge in [-0.2, -0.15) is 9.50 Å². The summed E-state index contributed by atoms with van der Waals surface area (Å²) in [6.45, 7) is 6.54. The highest BCUT2D eigenvalue weighted by molar-refractivity contribution is 5.58. The van der Waals surface area contributed by atoms with Crippen molar-refractivity contribution in [2.24, 2.45) is 0 Å². The fraction of sp³-hybridized carbons (Fsp3) is 0.450. The Labute approximate surface area is 165 Å². The van der Waals surface area contributed by atoms with Crippen LogP contribution in [-0.2, 0) is 6.54 Å². The lowest BCUT2D eigenvalue weighted by atomic mass is 10.2. The van der Waals surface area contributed by atoms with Gasteiger partial charge in [-0.15, -0.1) is 5.10 Å². The van der Waals surface area contributed by atoms with Crippen molar-refractivity contribution in [2.45, 2.75) is 13.5 Å². The molecule has 0 saturated carbocycles. The van der Waals surface area contributed by atoms with Gasteiger partial charge in [-0.05, 0) is 19.1 Å². The lowest BCUT2D eigenvalue weighted by molar-refractivity contribution is 0.243. The number of aryl methyl sites for hydroxylation is 1. The van der Waals surface area contributed by atoms with Gasteiger partial charge in [0, 0.05) is 52.0 Å². The Bertz CT molecular complexity index is 960. The van der Waals surface area contributed by atoms with E-state index in [1.807, 2.05) is 48.6 Å². The first kappa shape index (κ1) is 18.5. The molecule has 3 aromatic rings. The zero-order valence-electron chi connectivity index (χ0n) is 17.0. The standard InChI is InChI=1S/C20H27N7O/c1-15-13-19(24(2)3)27-20(21-15)22-18(23-27)14-25-9-11-26(12-10-25)16-7-5-6-8-17(16)28-4/h5-8,13H,9-12,14H2,1-4H3. The van der Waals surface area contributed by atoms with Crippen molar-refractivity contribution in [1.82, 2.24) is 24.5 Å². The quantitative estimate of drug-likeness (QED) is 0.668. The molecule has 1 fully saturated rings. The van der Waals surface area contributed by atoms with Gasteiger partial charge in [0.05, 0.1) is 19.3 Å². The highest BCUT2D eigenvalue weighted by Crippen LogP contribution is 2.28. The molecule has 1 aliphatic rings. The summed E-state index contributed by atoms with van der Waals surface area (Å²) in [5, 5.41) is 4.70. The molecule has 0 aliphatic carbocycles. The predicted molar refractivity (Wildman–Crippen MR) is 110 cm³/mol. The van der Waals surface area contributed by atoms with E-state index in [0.717, 1.165) is 61.5 Å². The van der Waals surface area contributed by atoms with Crippen LogP contribution in [0.25, 0.3) is 5.78 Å². The molecule has 1 aromatic carbocycles. The van der Waals surface area contributed by atoms with Crippen LogP contribution >= 0.6 is 0 Å². The largest absolute Gasteiger partial charge is 0.495 e. The minimum absolute atomic E-state index is 0.659. The molecule has 0 bridgehead atoms. The first-order valence-corrected chi connectivity index (χ1v) is 9.56. The van der Waals surface area contributed by atoms with E-state index in [4.69, 9.17) is 9.84 Å². The zero-order chi connectivity index (χ0) is 19.7. The number of hydrogen-bond donors (Lipinski definition) is 0. The molecule has 0 N–H and O–H groups in total. The number of para-hydroxylation sites is 2. The number of nitrogens with zero attached hydrogens (tertiary/aromatic N) is 7. The molecule has 1 saturated heterocycles. The number of benzene rings is 1. The van der Waals surface area contributed by atoms with Crippen LogP contribution in [0.4, 0.5) is 11.5 Å². The molecule has 1 aliphatic heterocycles. The topological polar surface area (TPSA) is 62.0 Å². The highest BCUT2D eigenvalue weighted by atomic mass is 16.5. The summed E-state index contributed by atoms with van der Waals surface area (Å²) in [6.07, 6.45) is 0. The Kier molecular flexibility index (Phi) is 5.04. The maximum Gasteiger partial charge on any atom is 0.254 e. The minimum Gasteiger partial charge on any atom is -0.495 e. The Hall–Kier alpha value is -2.87. The summed E-state index contributed by atoms with van der Waals surface area (Å²) in [7, 11) is 5.74. The molecule has 2 aromatic heterocycles. The molecular weight excluding hydrogens is 354 g/mol. The second-order valence-corrected chi connectivity index (χ2v) is 7.33. The van der Waals surface area contributed by atoms with Crippen LogP contribution in [-0.4, -0.2) is 71.9 Å². The zero-order valence-corrected chi connectivity index (χ0v) is 17.0. The second kappa shape index (κ2) is 7.63. The summed E-state index contributed by atoms with van der Waals surface area (Å²) in [5.74, 6) is 3.39. The molecule has 0 unspecified atom stereocenters. The van der Waals surface area contributed by atoms with Crippen LogP contribution in [0.15, 0.2) is 30.3 Å². The fourth-order valence-corrected chi connectivity index (χ4v) is 3.63. The van der Waals surface area contributed by atoms with Crippen molar-refractivity contribution in [3.05, 3.63) is 41.9 Å². The third-order valence-electron chi connectivity index (χ3n) is 5.09. The van der Waals surface area contributed by atoms with Gasteiger partial charge in [0.1, 0.15) is 11.6 Å². The second-order valence-electron chi connectivity index (χ2n) is 7.33. The van der Waals surface area contributed by atoms with Crippen LogP contribution < -0.4 is 14.5 Å². The van der Waals surface area contributed by atoms with Crippen LogP contribution in [0.5, 0.6) is 5.75 Å². The number of rotatable bonds is 5. The number of hydrogen-bond acceptors (Lipinski definition) is 7. The molecule has 0 amide bonds. The van der Waals surface area contributed by atoms with Gasteiger partial charge in [-0.1, -0.05) is 12.1 Å². The van der Waals surface area contributed by atoms with Crippen molar-refractivity contribution in [3.63, 3.8) is 0 Å². The lowest BCUT2D eigenvalue weighted by Gasteiger charge is -2.36. The lowest BCUT2D eigenvalue weighted by Crippen LogP contribution is -2.46.